The predicted octanol–water partition coefficient (Wildman–Crippen LogP) is 10.9. The summed E-state index contributed by atoms with van der Waals surface area (Å²) in [6, 6.07) is 18.1. The first-order chi connectivity index (χ1) is 18.8. The molecule has 2 aromatic carbocycles. The van der Waals surface area contributed by atoms with Gasteiger partial charge in [-0.15, -0.1) is 0 Å². The van der Waals surface area contributed by atoms with Gasteiger partial charge < -0.3 is 0 Å². The molecule has 3 aliphatic carbocycles. The molecule has 198 valence electrons. The molecule has 5 rings (SSSR count). The topological polar surface area (TPSA) is 0 Å². The van der Waals surface area contributed by atoms with E-state index in [0.717, 1.165) is 37.7 Å². The normalized spacial score (nSPS) is 21.6. The molecular weight excluding hydrogens is 468 g/mol. The Labute approximate surface area is 236 Å². The van der Waals surface area contributed by atoms with Crippen LogP contribution in [0.15, 0.2) is 132 Å². The first-order valence-corrected chi connectivity index (χ1v) is 14.5. The number of hydrogen-bond acceptors (Lipinski definition) is 0. The molecule has 0 amide bonds. The van der Waals surface area contributed by atoms with Gasteiger partial charge in [-0.25, -0.2) is 0 Å². The van der Waals surface area contributed by atoms with Crippen LogP contribution < -0.4 is 0 Å². The molecule has 2 aromatic rings. The van der Waals surface area contributed by atoms with Crippen LogP contribution in [0.3, 0.4) is 0 Å². The van der Waals surface area contributed by atoms with E-state index in [4.69, 9.17) is 6.58 Å². The zero-order chi connectivity index (χ0) is 27.7. The summed E-state index contributed by atoms with van der Waals surface area (Å²) in [7, 11) is 0. The van der Waals surface area contributed by atoms with Crippen LogP contribution in [0.4, 0.5) is 0 Å². The van der Waals surface area contributed by atoms with Crippen LogP contribution in [-0.4, -0.2) is 0 Å². The Morgan fingerprint density at radius 3 is 2.28 bits per heavy atom. The van der Waals surface area contributed by atoms with Gasteiger partial charge in [-0.3, -0.25) is 0 Å². The minimum Gasteiger partial charge on any atom is -0.0955 e. The second kappa shape index (κ2) is 11.2. The van der Waals surface area contributed by atoms with Crippen LogP contribution in [0.25, 0.3) is 11.1 Å². The number of allylic oxidation sites excluding steroid dienone is 13. The molecule has 3 aliphatic rings. The van der Waals surface area contributed by atoms with Gasteiger partial charge >= 0.3 is 0 Å². The highest BCUT2D eigenvalue weighted by Crippen LogP contribution is 2.55. The lowest BCUT2D eigenvalue weighted by molar-refractivity contribution is 0.619. The Kier molecular flexibility index (Phi) is 7.76. The molecule has 2 unspecified atom stereocenters. The van der Waals surface area contributed by atoms with E-state index in [2.05, 4.69) is 114 Å². The van der Waals surface area contributed by atoms with Gasteiger partial charge in [-0.05, 0) is 95.2 Å². The molecule has 0 radical (unpaired) electrons. The van der Waals surface area contributed by atoms with E-state index in [1.54, 1.807) is 0 Å². The highest BCUT2D eigenvalue weighted by molar-refractivity contribution is 5.75. The summed E-state index contributed by atoms with van der Waals surface area (Å²) in [4.78, 5) is 0. The van der Waals surface area contributed by atoms with Gasteiger partial charge in [-0.2, -0.15) is 0 Å². The zero-order valence-corrected chi connectivity index (χ0v) is 24.2. The van der Waals surface area contributed by atoms with E-state index in [9.17, 15) is 0 Å². The van der Waals surface area contributed by atoms with Gasteiger partial charge in [0.1, 0.15) is 0 Å². The van der Waals surface area contributed by atoms with Crippen LogP contribution in [0.5, 0.6) is 0 Å². The molecule has 0 nitrogen and oxygen atoms in total. The van der Waals surface area contributed by atoms with E-state index >= 15 is 0 Å². The summed E-state index contributed by atoms with van der Waals surface area (Å²) >= 11 is 0. The quantitative estimate of drug-likeness (QED) is 0.331. The summed E-state index contributed by atoms with van der Waals surface area (Å²) in [5.74, 6) is 0.589. The fourth-order valence-corrected chi connectivity index (χ4v) is 6.62. The zero-order valence-electron chi connectivity index (χ0n) is 24.2. The highest BCUT2D eigenvalue weighted by atomic mass is 14.4. The molecule has 0 saturated heterocycles. The lowest BCUT2D eigenvalue weighted by Gasteiger charge is -2.34. The highest BCUT2D eigenvalue weighted by Gasteiger charge is 2.40. The van der Waals surface area contributed by atoms with Gasteiger partial charge in [0.05, 0.1) is 0 Å². The minimum absolute atomic E-state index is 0.284. The maximum absolute atomic E-state index is 4.73. The summed E-state index contributed by atoms with van der Waals surface area (Å²) in [5, 5.41) is 0. The number of benzene rings is 2. The molecule has 0 heteroatoms. The molecule has 0 N–H and O–H groups in total. The molecule has 1 fully saturated rings. The van der Waals surface area contributed by atoms with Crippen LogP contribution in [-0.2, 0) is 6.42 Å². The van der Waals surface area contributed by atoms with Gasteiger partial charge in [0, 0.05) is 11.8 Å². The molecule has 0 aliphatic heterocycles. The molecule has 1 saturated carbocycles. The van der Waals surface area contributed by atoms with Crippen molar-refractivity contribution < 1.29 is 0 Å². The summed E-state index contributed by atoms with van der Waals surface area (Å²) in [5.41, 5.74) is 17.4. The third-order valence-corrected chi connectivity index (χ3v) is 8.73. The molecule has 2 atom stereocenters. The van der Waals surface area contributed by atoms with Gasteiger partial charge in [-0.1, -0.05) is 130 Å². The molecule has 0 bridgehead atoms. The van der Waals surface area contributed by atoms with Crippen LogP contribution in [0.1, 0.15) is 81.5 Å². The Balaban J connectivity index is 1.42. The average Bonchev–Trinajstić information content (AvgIpc) is 3.52. The van der Waals surface area contributed by atoms with Crippen LogP contribution >= 0.6 is 0 Å². The standard InChI is InChI=1S/C39H42/c1-8-10-26(5)37-27(6)21-36-24-35(28(7)38(36)39(37)33-14-11-29(9-2)12-15-33)23-30-13-16-34(22-30)32-19-17-31(18-20-32)25(3)4/h11-21,23,38-39H,3,5,7-10,22,24H2,1-2,4,6H3. The first kappa shape index (κ1) is 26.9. The van der Waals surface area contributed by atoms with Crippen molar-refractivity contribution in [1.82, 2.24) is 0 Å². The average molecular weight is 511 g/mol. The third kappa shape index (κ3) is 5.30. The summed E-state index contributed by atoms with van der Waals surface area (Å²) in [6.07, 6.45) is 14.6. The number of rotatable bonds is 8. The summed E-state index contributed by atoms with van der Waals surface area (Å²) in [6.45, 7) is 22.2. The fraction of sp³-hybridized carbons (Fsp3) is 0.282. The predicted molar refractivity (Wildman–Crippen MR) is 171 cm³/mol. The van der Waals surface area contributed by atoms with Crippen molar-refractivity contribution in [2.24, 2.45) is 5.92 Å². The van der Waals surface area contributed by atoms with Crippen LogP contribution in [0, 0.1) is 5.92 Å². The van der Waals surface area contributed by atoms with Crippen LogP contribution in [0.2, 0.25) is 0 Å². The van der Waals surface area contributed by atoms with E-state index in [0.29, 0.717) is 5.92 Å². The van der Waals surface area contributed by atoms with Crippen molar-refractivity contribution in [3.05, 3.63) is 154 Å². The van der Waals surface area contributed by atoms with Crippen molar-refractivity contribution >= 4 is 11.1 Å². The van der Waals surface area contributed by atoms with E-state index in [1.807, 2.05) is 0 Å². The molecular formula is C39H42. The second-order valence-electron chi connectivity index (χ2n) is 11.6. The SMILES string of the molecule is C=C(CCC)C1=C(C)C=C2CC(=CC3=CC=C(c4ccc(C(=C)C)cc4)C3)C(=C)C2C1c1ccc(CC)cc1. The first-order valence-electron chi connectivity index (χ1n) is 14.5. The minimum atomic E-state index is 0.284. The molecule has 39 heavy (non-hydrogen) atoms. The molecule has 0 aromatic heterocycles. The fourth-order valence-electron chi connectivity index (χ4n) is 6.62. The van der Waals surface area contributed by atoms with Crippen molar-refractivity contribution in [3.8, 4) is 0 Å². The Morgan fingerprint density at radius 1 is 0.923 bits per heavy atom. The van der Waals surface area contributed by atoms with Crippen molar-refractivity contribution in [3.63, 3.8) is 0 Å². The maximum Gasteiger partial charge on any atom is 0.0201 e. The number of aryl methyl sites for hydroxylation is 1. The summed E-state index contributed by atoms with van der Waals surface area (Å²) < 4.78 is 0. The third-order valence-electron chi connectivity index (χ3n) is 8.73. The maximum atomic E-state index is 4.73. The van der Waals surface area contributed by atoms with E-state index in [-0.39, 0.29) is 5.92 Å². The lowest BCUT2D eigenvalue weighted by Crippen LogP contribution is -2.21. The van der Waals surface area contributed by atoms with Gasteiger partial charge in [0.15, 0.2) is 0 Å². The Morgan fingerprint density at radius 2 is 1.64 bits per heavy atom. The second-order valence-corrected chi connectivity index (χ2v) is 11.6. The Bertz CT molecular complexity index is 1470. The van der Waals surface area contributed by atoms with E-state index in [1.165, 1.54) is 66.8 Å². The van der Waals surface area contributed by atoms with Gasteiger partial charge in [0.25, 0.3) is 0 Å². The smallest absolute Gasteiger partial charge is 0.0201 e. The monoisotopic (exact) mass is 510 g/mol. The number of hydrogen-bond donors (Lipinski definition) is 0. The Hall–Kier alpha value is -3.64. The number of fused-ring (bicyclic) bond motifs is 1. The molecule has 0 heterocycles. The van der Waals surface area contributed by atoms with E-state index < -0.39 is 0 Å². The van der Waals surface area contributed by atoms with Crippen molar-refractivity contribution in [2.45, 2.75) is 65.7 Å². The van der Waals surface area contributed by atoms with Gasteiger partial charge in [0.2, 0.25) is 0 Å². The van der Waals surface area contributed by atoms with Crippen molar-refractivity contribution in [1.29, 1.82) is 0 Å². The largest absolute Gasteiger partial charge is 0.0955 e. The lowest BCUT2D eigenvalue weighted by atomic mass is 9.69. The molecule has 0 spiro atoms. The van der Waals surface area contributed by atoms with Crippen molar-refractivity contribution in [2.75, 3.05) is 0 Å².